The number of nitrogen functional groups attached to an aromatic ring is 1. The predicted molar refractivity (Wildman–Crippen MR) is 84.1 cm³/mol. The van der Waals surface area contributed by atoms with Crippen molar-refractivity contribution in [2.45, 2.75) is 13.2 Å². The van der Waals surface area contributed by atoms with Crippen LogP contribution in [-0.2, 0) is 17.9 Å². The Bertz CT molecular complexity index is 616. The Morgan fingerprint density at radius 2 is 1.67 bits per heavy atom. The van der Waals surface area contributed by atoms with Crippen LogP contribution < -0.4 is 11.1 Å². The van der Waals surface area contributed by atoms with Crippen LogP contribution >= 0.6 is 0 Å². The summed E-state index contributed by atoms with van der Waals surface area (Å²) in [7, 11) is 0. The molecule has 4 N–H and O–H groups in total. The number of nitrogens with one attached hydrogen (secondary N) is 1. The van der Waals surface area contributed by atoms with Crippen LogP contribution in [0, 0.1) is 0 Å². The molecule has 0 spiro atoms. The number of rotatable bonds is 5. The Morgan fingerprint density at radius 3 is 2.29 bits per heavy atom. The van der Waals surface area contributed by atoms with Gasteiger partial charge < -0.3 is 16.2 Å². The normalized spacial score (nSPS) is 10.7. The van der Waals surface area contributed by atoms with Crippen molar-refractivity contribution in [3.8, 4) is 0 Å². The number of amides is 1. The molecule has 0 fully saturated rings. The molecule has 0 atom stereocenters. The van der Waals surface area contributed by atoms with Crippen LogP contribution in [0.4, 0.5) is 5.69 Å². The topological polar surface area (TPSA) is 75.4 Å². The number of benzene rings is 2. The molecular weight excluding hydrogens is 264 g/mol. The van der Waals surface area contributed by atoms with Gasteiger partial charge in [0.1, 0.15) is 0 Å². The third kappa shape index (κ3) is 4.78. The maximum Gasteiger partial charge on any atom is 0.244 e. The molecule has 21 heavy (non-hydrogen) atoms. The van der Waals surface area contributed by atoms with Crippen molar-refractivity contribution in [2.75, 3.05) is 5.73 Å². The van der Waals surface area contributed by atoms with E-state index in [1.54, 1.807) is 18.2 Å². The SMILES string of the molecule is Nc1ccc(/C=C/C(=O)NCc2ccc(CO)cc2)cc1. The number of aliphatic hydroxyl groups excluding tert-OH is 1. The van der Waals surface area contributed by atoms with Crippen molar-refractivity contribution in [1.82, 2.24) is 5.32 Å². The summed E-state index contributed by atoms with van der Waals surface area (Å²) < 4.78 is 0. The van der Waals surface area contributed by atoms with Crippen LogP contribution in [0.2, 0.25) is 0 Å². The van der Waals surface area contributed by atoms with E-state index in [4.69, 9.17) is 10.8 Å². The third-order valence-electron chi connectivity index (χ3n) is 3.04. The van der Waals surface area contributed by atoms with Gasteiger partial charge in [-0.25, -0.2) is 0 Å². The first-order valence-corrected chi connectivity index (χ1v) is 6.67. The van der Waals surface area contributed by atoms with E-state index in [1.165, 1.54) is 6.08 Å². The van der Waals surface area contributed by atoms with Gasteiger partial charge >= 0.3 is 0 Å². The van der Waals surface area contributed by atoms with Gasteiger partial charge in [-0.2, -0.15) is 0 Å². The molecule has 0 heterocycles. The quantitative estimate of drug-likeness (QED) is 0.580. The van der Waals surface area contributed by atoms with E-state index in [2.05, 4.69) is 5.32 Å². The van der Waals surface area contributed by atoms with E-state index in [0.29, 0.717) is 12.2 Å². The smallest absolute Gasteiger partial charge is 0.244 e. The summed E-state index contributed by atoms with van der Waals surface area (Å²) in [5.41, 5.74) is 9.06. The summed E-state index contributed by atoms with van der Waals surface area (Å²) in [5.74, 6) is -0.155. The number of nitrogens with two attached hydrogens (primary N) is 1. The number of carbonyl (C=O) groups is 1. The molecule has 0 aromatic heterocycles. The van der Waals surface area contributed by atoms with Gasteiger partial charge in [-0.15, -0.1) is 0 Å². The number of anilines is 1. The number of aliphatic hydroxyl groups is 1. The molecule has 0 bridgehead atoms. The van der Waals surface area contributed by atoms with Gasteiger partial charge in [0, 0.05) is 18.3 Å². The maximum atomic E-state index is 11.7. The summed E-state index contributed by atoms with van der Waals surface area (Å²) >= 11 is 0. The Balaban J connectivity index is 1.85. The summed E-state index contributed by atoms with van der Waals surface area (Å²) in [4.78, 5) is 11.7. The fourth-order valence-corrected chi connectivity index (χ4v) is 1.79. The minimum absolute atomic E-state index is 0.0248. The molecular formula is C17H18N2O2. The lowest BCUT2D eigenvalue weighted by Crippen LogP contribution is -2.20. The van der Waals surface area contributed by atoms with Crippen molar-refractivity contribution in [3.05, 3.63) is 71.3 Å². The first-order chi connectivity index (χ1) is 10.2. The maximum absolute atomic E-state index is 11.7. The molecule has 2 aromatic carbocycles. The third-order valence-corrected chi connectivity index (χ3v) is 3.04. The number of hydrogen-bond donors (Lipinski definition) is 3. The lowest BCUT2D eigenvalue weighted by molar-refractivity contribution is -0.116. The van der Waals surface area contributed by atoms with Gasteiger partial charge in [0.25, 0.3) is 0 Å². The highest BCUT2D eigenvalue weighted by Gasteiger charge is 1.97. The average Bonchev–Trinajstić information content (AvgIpc) is 2.53. The van der Waals surface area contributed by atoms with E-state index >= 15 is 0 Å². The second-order valence-electron chi connectivity index (χ2n) is 4.69. The molecule has 4 heteroatoms. The molecule has 0 radical (unpaired) electrons. The Hall–Kier alpha value is -2.59. The van der Waals surface area contributed by atoms with Gasteiger partial charge in [0.15, 0.2) is 0 Å². The molecule has 1 amide bonds. The molecule has 2 rings (SSSR count). The molecule has 108 valence electrons. The Morgan fingerprint density at radius 1 is 1.05 bits per heavy atom. The van der Waals surface area contributed by atoms with Crippen molar-refractivity contribution in [3.63, 3.8) is 0 Å². The molecule has 0 aliphatic rings. The van der Waals surface area contributed by atoms with E-state index < -0.39 is 0 Å². The lowest BCUT2D eigenvalue weighted by Gasteiger charge is -2.03. The average molecular weight is 282 g/mol. The van der Waals surface area contributed by atoms with Crippen LogP contribution in [0.15, 0.2) is 54.6 Å². The van der Waals surface area contributed by atoms with Crippen molar-refractivity contribution in [2.24, 2.45) is 0 Å². The summed E-state index contributed by atoms with van der Waals surface area (Å²) in [5, 5.41) is 11.8. The second kappa shape index (κ2) is 7.26. The molecule has 2 aromatic rings. The highest BCUT2D eigenvalue weighted by Crippen LogP contribution is 2.07. The molecule has 0 unspecified atom stereocenters. The van der Waals surface area contributed by atoms with Gasteiger partial charge in [-0.1, -0.05) is 36.4 Å². The van der Waals surface area contributed by atoms with Crippen LogP contribution in [0.5, 0.6) is 0 Å². The summed E-state index contributed by atoms with van der Waals surface area (Å²) in [6.45, 7) is 0.480. The number of carbonyl (C=O) groups excluding carboxylic acids is 1. The Kier molecular flexibility index (Phi) is 5.12. The standard InChI is InChI=1S/C17H18N2O2/c18-16-8-5-13(6-9-16)7-10-17(21)19-11-14-1-3-15(12-20)4-2-14/h1-10,20H,11-12,18H2,(H,19,21)/b10-7+. The predicted octanol–water partition coefficient (Wildman–Crippen LogP) is 2.09. The van der Waals surface area contributed by atoms with Gasteiger partial charge in [-0.05, 0) is 34.9 Å². The van der Waals surface area contributed by atoms with Crippen LogP contribution in [0.25, 0.3) is 6.08 Å². The van der Waals surface area contributed by atoms with Crippen LogP contribution in [0.1, 0.15) is 16.7 Å². The molecule has 0 saturated heterocycles. The van der Waals surface area contributed by atoms with Crippen LogP contribution in [0.3, 0.4) is 0 Å². The largest absolute Gasteiger partial charge is 0.399 e. The minimum atomic E-state index is -0.155. The molecule has 0 aliphatic carbocycles. The van der Waals surface area contributed by atoms with E-state index in [0.717, 1.165) is 16.7 Å². The van der Waals surface area contributed by atoms with E-state index in [-0.39, 0.29) is 12.5 Å². The second-order valence-corrected chi connectivity index (χ2v) is 4.69. The van der Waals surface area contributed by atoms with Crippen molar-refractivity contribution in [1.29, 1.82) is 0 Å². The first kappa shape index (κ1) is 14.8. The highest BCUT2D eigenvalue weighted by molar-refractivity contribution is 5.91. The van der Waals surface area contributed by atoms with Crippen molar-refractivity contribution >= 4 is 17.7 Å². The van der Waals surface area contributed by atoms with Crippen molar-refractivity contribution < 1.29 is 9.90 Å². The first-order valence-electron chi connectivity index (χ1n) is 6.67. The monoisotopic (exact) mass is 282 g/mol. The molecule has 4 nitrogen and oxygen atoms in total. The highest BCUT2D eigenvalue weighted by atomic mass is 16.3. The fraction of sp³-hybridized carbons (Fsp3) is 0.118. The zero-order valence-corrected chi connectivity index (χ0v) is 11.6. The van der Waals surface area contributed by atoms with E-state index in [1.807, 2.05) is 36.4 Å². The minimum Gasteiger partial charge on any atom is -0.399 e. The fourth-order valence-electron chi connectivity index (χ4n) is 1.79. The Labute approximate surface area is 123 Å². The number of hydrogen-bond acceptors (Lipinski definition) is 3. The zero-order chi connectivity index (χ0) is 15.1. The van der Waals surface area contributed by atoms with Gasteiger partial charge in [0.2, 0.25) is 5.91 Å². The van der Waals surface area contributed by atoms with E-state index in [9.17, 15) is 4.79 Å². The van der Waals surface area contributed by atoms with Gasteiger partial charge in [-0.3, -0.25) is 4.79 Å². The summed E-state index contributed by atoms with van der Waals surface area (Å²) in [6.07, 6.45) is 3.23. The molecule has 0 aliphatic heterocycles. The van der Waals surface area contributed by atoms with Gasteiger partial charge in [0.05, 0.1) is 6.61 Å². The van der Waals surface area contributed by atoms with Crippen LogP contribution in [-0.4, -0.2) is 11.0 Å². The zero-order valence-electron chi connectivity index (χ0n) is 11.6. The lowest BCUT2D eigenvalue weighted by atomic mass is 10.1. The molecule has 0 saturated carbocycles. The summed E-state index contributed by atoms with van der Waals surface area (Å²) in [6, 6.07) is 14.7.